The second kappa shape index (κ2) is 7.34. The zero-order valence-electron chi connectivity index (χ0n) is 13.7. The van der Waals surface area contributed by atoms with Crippen LogP contribution in [0.25, 0.3) is 0 Å². The standard InChI is InChI=1S/C16H13Cl2N3O5S/c17-13-5-2-10(8-15(13)21(23)24)19-16(22)12-4-3-11(9-14(12)18)20-6-1-7-27(20,25)26/h2-5,8-9H,1,6-7H2,(H,19,22). The number of benzene rings is 2. The first-order valence-corrected chi connectivity index (χ1v) is 10.1. The number of rotatable bonds is 4. The highest BCUT2D eigenvalue weighted by atomic mass is 35.5. The lowest BCUT2D eigenvalue weighted by Gasteiger charge is -2.18. The maximum atomic E-state index is 12.4. The Balaban J connectivity index is 1.84. The molecule has 0 aliphatic carbocycles. The number of nitro benzene ring substituents is 1. The van der Waals surface area contributed by atoms with E-state index in [-0.39, 0.29) is 32.7 Å². The van der Waals surface area contributed by atoms with Crippen molar-refractivity contribution in [3.8, 4) is 0 Å². The molecular weight excluding hydrogens is 417 g/mol. The van der Waals surface area contributed by atoms with Gasteiger partial charge in [0.05, 0.1) is 26.9 Å². The van der Waals surface area contributed by atoms with E-state index in [4.69, 9.17) is 23.2 Å². The molecule has 0 bridgehead atoms. The molecule has 0 unspecified atom stereocenters. The second-order valence-electron chi connectivity index (χ2n) is 5.78. The highest BCUT2D eigenvalue weighted by Gasteiger charge is 2.29. The number of carbonyl (C=O) groups is 1. The first-order valence-electron chi connectivity index (χ1n) is 7.74. The van der Waals surface area contributed by atoms with Crippen molar-refractivity contribution in [3.05, 3.63) is 62.1 Å². The Morgan fingerprint density at radius 3 is 2.48 bits per heavy atom. The molecule has 0 aromatic heterocycles. The molecule has 1 aliphatic rings. The van der Waals surface area contributed by atoms with E-state index >= 15 is 0 Å². The van der Waals surface area contributed by atoms with Crippen LogP contribution in [0.4, 0.5) is 17.1 Å². The summed E-state index contributed by atoms with van der Waals surface area (Å²) in [4.78, 5) is 22.7. The van der Waals surface area contributed by atoms with Gasteiger partial charge in [-0.25, -0.2) is 8.42 Å². The summed E-state index contributed by atoms with van der Waals surface area (Å²) in [6, 6.07) is 8.17. The van der Waals surface area contributed by atoms with Crippen molar-refractivity contribution in [3.63, 3.8) is 0 Å². The third-order valence-electron chi connectivity index (χ3n) is 3.99. The summed E-state index contributed by atoms with van der Waals surface area (Å²) in [6.07, 6.45) is 0.525. The lowest BCUT2D eigenvalue weighted by atomic mass is 10.1. The van der Waals surface area contributed by atoms with Gasteiger partial charge in [0.15, 0.2) is 0 Å². The highest BCUT2D eigenvalue weighted by molar-refractivity contribution is 7.93. The molecule has 1 aliphatic heterocycles. The maximum Gasteiger partial charge on any atom is 0.289 e. The van der Waals surface area contributed by atoms with Crippen LogP contribution in [-0.2, 0) is 10.0 Å². The van der Waals surface area contributed by atoms with Crippen molar-refractivity contribution in [2.24, 2.45) is 0 Å². The average Bonchev–Trinajstić information content (AvgIpc) is 2.95. The lowest BCUT2D eigenvalue weighted by molar-refractivity contribution is -0.384. The quantitative estimate of drug-likeness (QED) is 0.588. The summed E-state index contributed by atoms with van der Waals surface area (Å²) < 4.78 is 25.2. The monoisotopic (exact) mass is 429 g/mol. The smallest absolute Gasteiger partial charge is 0.289 e. The van der Waals surface area contributed by atoms with E-state index in [9.17, 15) is 23.3 Å². The minimum Gasteiger partial charge on any atom is -0.322 e. The SMILES string of the molecule is O=C(Nc1ccc(Cl)c([N+](=O)[O-])c1)c1ccc(N2CCCS2(=O)=O)cc1Cl. The molecule has 0 spiro atoms. The fraction of sp³-hybridized carbons (Fsp3) is 0.188. The predicted molar refractivity (Wildman–Crippen MR) is 103 cm³/mol. The number of hydrogen-bond acceptors (Lipinski definition) is 5. The van der Waals surface area contributed by atoms with Crippen molar-refractivity contribution in [2.45, 2.75) is 6.42 Å². The molecule has 1 heterocycles. The predicted octanol–water partition coefficient (Wildman–Crippen LogP) is 3.69. The molecule has 1 N–H and O–H groups in total. The van der Waals surface area contributed by atoms with Gasteiger partial charge < -0.3 is 5.32 Å². The van der Waals surface area contributed by atoms with Gasteiger partial charge in [-0.2, -0.15) is 0 Å². The van der Waals surface area contributed by atoms with Crippen LogP contribution in [0.5, 0.6) is 0 Å². The van der Waals surface area contributed by atoms with Crippen LogP contribution in [-0.4, -0.2) is 31.5 Å². The summed E-state index contributed by atoms with van der Waals surface area (Å²) in [5.74, 6) is -0.519. The molecule has 1 fully saturated rings. The van der Waals surface area contributed by atoms with Crippen molar-refractivity contribution in [1.82, 2.24) is 0 Å². The Morgan fingerprint density at radius 1 is 1.15 bits per heavy atom. The summed E-state index contributed by atoms with van der Waals surface area (Å²) in [7, 11) is -3.36. The third-order valence-corrected chi connectivity index (χ3v) is 6.49. The van der Waals surface area contributed by atoms with E-state index in [1.54, 1.807) is 0 Å². The van der Waals surface area contributed by atoms with Crippen molar-refractivity contribution in [1.29, 1.82) is 0 Å². The van der Waals surface area contributed by atoms with Gasteiger partial charge in [-0.05, 0) is 36.8 Å². The third kappa shape index (κ3) is 4.00. The van der Waals surface area contributed by atoms with Crippen molar-refractivity contribution in [2.75, 3.05) is 21.9 Å². The molecule has 2 aromatic carbocycles. The topological polar surface area (TPSA) is 110 Å². The number of amides is 1. The molecule has 142 valence electrons. The van der Waals surface area contributed by atoms with Crippen molar-refractivity contribution < 1.29 is 18.1 Å². The normalized spacial score (nSPS) is 15.6. The molecule has 1 saturated heterocycles. The zero-order chi connectivity index (χ0) is 19.8. The fourth-order valence-electron chi connectivity index (χ4n) is 2.70. The molecule has 2 aromatic rings. The van der Waals surface area contributed by atoms with Gasteiger partial charge in [0.25, 0.3) is 11.6 Å². The molecule has 27 heavy (non-hydrogen) atoms. The van der Waals surface area contributed by atoms with Gasteiger partial charge in [-0.1, -0.05) is 23.2 Å². The van der Waals surface area contributed by atoms with E-state index in [0.717, 1.165) is 6.07 Å². The van der Waals surface area contributed by atoms with Crippen LogP contribution in [0.1, 0.15) is 16.8 Å². The fourth-order valence-corrected chi connectivity index (χ4v) is 4.71. The molecule has 0 radical (unpaired) electrons. The number of carbonyl (C=O) groups excluding carboxylic acids is 1. The minimum atomic E-state index is -3.36. The largest absolute Gasteiger partial charge is 0.322 e. The van der Waals surface area contributed by atoms with Crippen molar-refractivity contribution >= 4 is 56.2 Å². The van der Waals surface area contributed by atoms with Gasteiger partial charge in [0, 0.05) is 18.3 Å². The van der Waals surface area contributed by atoms with Gasteiger partial charge in [-0.3, -0.25) is 19.2 Å². The lowest BCUT2D eigenvalue weighted by Crippen LogP contribution is -2.25. The highest BCUT2D eigenvalue weighted by Crippen LogP contribution is 2.30. The molecule has 0 atom stereocenters. The molecule has 0 saturated carbocycles. The minimum absolute atomic E-state index is 0.0489. The number of nitrogens with zero attached hydrogens (tertiary/aromatic N) is 2. The van der Waals surface area contributed by atoms with E-state index < -0.39 is 20.9 Å². The first-order chi connectivity index (χ1) is 12.7. The Morgan fingerprint density at radius 2 is 1.89 bits per heavy atom. The van der Waals surface area contributed by atoms with E-state index in [0.29, 0.717) is 18.7 Å². The number of nitrogens with one attached hydrogen (secondary N) is 1. The Hall–Kier alpha value is -2.36. The van der Waals surface area contributed by atoms with E-state index in [2.05, 4.69) is 5.32 Å². The van der Waals surface area contributed by atoms with Gasteiger partial charge in [0.1, 0.15) is 5.02 Å². The number of hydrogen-bond donors (Lipinski definition) is 1. The summed E-state index contributed by atoms with van der Waals surface area (Å²) in [5, 5.41) is 13.5. The first kappa shape index (κ1) is 19.4. The second-order valence-corrected chi connectivity index (χ2v) is 8.61. The van der Waals surface area contributed by atoms with E-state index in [1.165, 1.54) is 34.6 Å². The Labute approximate surface area is 164 Å². The molecule has 11 heteroatoms. The van der Waals surface area contributed by atoms with Crippen LogP contribution >= 0.6 is 23.2 Å². The van der Waals surface area contributed by atoms with Gasteiger partial charge in [0.2, 0.25) is 10.0 Å². The average molecular weight is 430 g/mol. The van der Waals surface area contributed by atoms with Crippen LogP contribution in [0.15, 0.2) is 36.4 Å². The summed E-state index contributed by atoms with van der Waals surface area (Å²) >= 11 is 11.9. The number of sulfonamides is 1. The maximum absolute atomic E-state index is 12.4. The van der Waals surface area contributed by atoms with Gasteiger partial charge in [-0.15, -0.1) is 0 Å². The van der Waals surface area contributed by atoms with E-state index in [1.807, 2.05) is 0 Å². The van der Waals surface area contributed by atoms with Crippen LogP contribution in [0.3, 0.4) is 0 Å². The molecular formula is C16H13Cl2N3O5S. The Bertz CT molecular complexity index is 1040. The van der Waals surface area contributed by atoms with Gasteiger partial charge >= 0.3 is 0 Å². The van der Waals surface area contributed by atoms with Crippen LogP contribution in [0, 0.1) is 10.1 Å². The molecule has 3 rings (SSSR count). The van der Waals surface area contributed by atoms with Crippen LogP contribution in [0.2, 0.25) is 10.0 Å². The summed E-state index contributed by atoms with van der Waals surface area (Å²) in [5.41, 5.74) is 0.333. The number of nitro groups is 1. The molecule has 8 nitrogen and oxygen atoms in total. The molecule has 1 amide bonds. The van der Waals surface area contributed by atoms with Crippen LogP contribution < -0.4 is 9.62 Å². The Kier molecular flexibility index (Phi) is 5.27. The number of anilines is 2. The summed E-state index contributed by atoms with van der Waals surface area (Å²) in [6.45, 7) is 0.360. The zero-order valence-corrected chi connectivity index (χ0v) is 16.0. The number of halogens is 2.